The molecule has 3 aromatic rings. The summed E-state index contributed by atoms with van der Waals surface area (Å²) in [4.78, 5) is 0. The molecule has 0 aliphatic heterocycles. The third-order valence-electron chi connectivity index (χ3n) is 3.19. The minimum atomic E-state index is -0.608. The zero-order valence-electron chi connectivity index (χ0n) is 11.3. The molecular formula is C16H11F3OS. The monoisotopic (exact) mass is 308 g/mol. The molecule has 21 heavy (non-hydrogen) atoms. The average molecular weight is 308 g/mol. The maximum atomic E-state index is 14.4. The number of aryl methyl sites for hydroxylation is 1. The van der Waals surface area contributed by atoms with Crippen LogP contribution in [-0.2, 0) is 0 Å². The van der Waals surface area contributed by atoms with E-state index < -0.39 is 11.6 Å². The number of allylic oxidation sites excluding steroid dienone is 1. The molecule has 0 spiro atoms. The van der Waals surface area contributed by atoms with Gasteiger partial charge in [0.05, 0.1) is 9.40 Å². The van der Waals surface area contributed by atoms with E-state index in [-0.39, 0.29) is 11.6 Å². The molecule has 0 saturated carbocycles. The van der Waals surface area contributed by atoms with Gasteiger partial charge in [-0.15, -0.1) is 11.3 Å². The van der Waals surface area contributed by atoms with Crippen LogP contribution in [0.25, 0.3) is 20.2 Å². The molecular weight excluding hydrogens is 297 g/mol. The molecule has 0 aliphatic carbocycles. The van der Waals surface area contributed by atoms with Gasteiger partial charge in [-0.1, -0.05) is 12.1 Å². The van der Waals surface area contributed by atoms with Crippen molar-refractivity contribution in [3.8, 4) is 5.75 Å². The molecule has 5 heteroatoms. The maximum Gasteiger partial charge on any atom is 0.183 e. The minimum absolute atomic E-state index is 0.0804. The van der Waals surface area contributed by atoms with E-state index in [1.807, 2.05) is 0 Å². The first kappa shape index (κ1) is 13.9. The highest BCUT2D eigenvalue weighted by Gasteiger charge is 2.16. The van der Waals surface area contributed by atoms with Gasteiger partial charge in [0.2, 0.25) is 0 Å². The number of halogens is 3. The summed E-state index contributed by atoms with van der Waals surface area (Å²) in [7, 11) is 0. The lowest BCUT2D eigenvalue weighted by Gasteiger charge is -2.02. The highest BCUT2D eigenvalue weighted by molar-refractivity contribution is 7.25. The number of fused-ring (bicyclic) bond motifs is 3. The van der Waals surface area contributed by atoms with Gasteiger partial charge in [0, 0.05) is 10.8 Å². The summed E-state index contributed by atoms with van der Waals surface area (Å²) < 4.78 is 46.9. The van der Waals surface area contributed by atoms with Crippen molar-refractivity contribution < 1.29 is 17.9 Å². The number of ether oxygens (including phenoxy) is 1. The molecule has 0 radical (unpaired) electrons. The fourth-order valence-electron chi connectivity index (χ4n) is 2.15. The Morgan fingerprint density at radius 1 is 1.05 bits per heavy atom. The van der Waals surface area contributed by atoms with Crippen LogP contribution in [0.1, 0.15) is 12.5 Å². The van der Waals surface area contributed by atoms with E-state index in [0.29, 0.717) is 25.7 Å². The summed E-state index contributed by atoms with van der Waals surface area (Å²) in [5.74, 6) is -1.59. The largest absolute Gasteiger partial charge is 0.459 e. The van der Waals surface area contributed by atoms with E-state index in [2.05, 4.69) is 0 Å². The molecule has 0 N–H and O–H groups in total. The van der Waals surface area contributed by atoms with Crippen molar-refractivity contribution in [3.63, 3.8) is 0 Å². The highest BCUT2D eigenvalue weighted by atomic mass is 32.1. The van der Waals surface area contributed by atoms with E-state index >= 15 is 0 Å². The number of rotatable bonds is 2. The molecule has 1 aromatic heterocycles. The molecule has 0 amide bonds. The molecule has 2 aromatic carbocycles. The zero-order valence-corrected chi connectivity index (χ0v) is 12.2. The number of hydrogen-bond acceptors (Lipinski definition) is 2. The zero-order chi connectivity index (χ0) is 15.1. The topological polar surface area (TPSA) is 9.23 Å². The third kappa shape index (κ3) is 2.27. The standard InChI is InChI=1S/C16H11F3OS/c1-8-3-4-10-11-5-6-12(20-7-9(2)17)14(19)16(11)21-15(10)13(8)18/h3-7H,1-2H3/b9-7-. The Labute approximate surface area is 123 Å². The lowest BCUT2D eigenvalue weighted by atomic mass is 10.1. The van der Waals surface area contributed by atoms with E-state index in [9.17, 15) is 13.2 Å². The molecule has 0 atom stereocenters. The fourth-order valence-corrected chi connectivity index (χ4v) is 3.37. The Bertz CT molecular complexity index is 876. The molecule has 0 aliphatic rings. The molecule has 0 fully saturated rings. The van der Waals surface area contributed by atoms with E-state index in [4.69, 9.17) is 4.74 Å². The summed E-state index contributed by atoms with van der Waals surface area (Å²) in [6.07, 6.45) is 0.836. The second-order valence-electron chi connectivity index (χ2n) is 4.75. The van der Waals surface area contributed by atoms with Crippen molar-refractivity contribution in [2.75, 3.05) is 0 Å². The normalized spacial score (nSPS) is 12.3. The first-order chi connectivity index (χ1) is 9.99. The van der Waals surface area contributed by atoms with Crippen LogP contribution in [0.4, 0.5) is 13.2 Å². The Kier molecular flexibility index (Phi) is 3.37. The Morgan fingerprint density at radius 3 is 2.33 bits per heavy atom. The van der Waals surface area contributed by atoms with Crippen LogP contribution in [0.15, 0.2) is 36.4 Å². The van der Waals surface area contributed by atoms with Gasteiger partial charge in [-0.05, 0) is 31.5 Å². The predicted octanol–water partition coefficient (Wildman–Crippen LogP) is 5.85. The molecule has 108 valence electrons. The SMILES string of the molecule is C/C(F)=C/Oc1ccc2c(sc3c(F)c(C)ccc32)c1F. The molecule has 1 nitrogen and oxygen atoms in total. The molecule has 0 saturated heterocycles. The Hall–Kier alpha value is -2.01. The highest BCUT2D eigenvalue weighted by Crippen LogP contribution is 2.40. The van der Waals surface area contributed by atoms with Crippen molar-refractivity contribution in [2.45, 2.75) is 13.8 Å². The number of hydrogen-bond donors (Lipinski definition) is 0. The molecule has 0 bridgehead atoms. The predicted molar refractivity (Wildman–Crippen MR) is 79.5 cm³/mol. The van der Waals surface area contributed by atoms with Gasteiger partial charge < -0.3 is 4.74 Å². The summed E-state index contributed by atoms with van der Waals surface area (Å²) in [6, 6.07) is 6.52. The van der Waals surface area contributed by atoms with Gasteiger partial charge in [-0.2, -0.15) is 0 Å². The van der Waals surface area contributed by atoms with Crippen LogP contribution in [0.2, 0.25) is 0 Å². The van der Waals surface area contributed by atoms with Crippen LogP contribution in [-0.4, -0.2) is 0 Å². The van der Waals surface area contributed by atoms with E-state index in [0.717, 1.165) is 17.6 Å². The number of thiophene rings is 1. The van der Waals surface area contributed by atoms with Gasteiger partial charge >= 0.3 is 0 Å². The van der Waals surface area contributed by atoms with Crippen LogP contribution in [0.3, 0.4) is 0 Å². The van der Waals surface area contributed by atoms with Crippen molar-refractivity contribution in [1.29, 1.82) is 0 Å². The lowest BCUT2D eigenvalue weighted by Crippen LogP contribution is -1.87. The first-order valence-corrected chi connectivity index (χ1v) is 7.09. The quantitative estimate of drug-likeness (QED) is 0.539. The van der Waals surface area contributed by atoms with Gasteiger partial charge in [-0.25, -0.2) is 13.2 Å². The summed E-state index contributed by atoms with van der Waals surface area (Å²) in [6.45, 7) is 2.87. The average Bonchev–Trinajstić information content (AvgIpc) is 2.82. The smallest absolute Gasteiger partial charge is 0.183 e. The van der Waals surface area contributed by atoms with Crippen LogP contribution >= 0.6 is 11.3 Å². The van der Waals surface area contributed by atoms with E-state index in [1.165, 1.54) is 13.0 Å². The second-order valence-corrected chi connectivity index (χ2v) is 5.77. The third-order valence-corrected chi connectivity index (χ3v) is 4.40. The van der Waals surface area contributed by atoms with Crippen molar-refractivity contribution in [2.24, 2.45) is 0 Å². The first-order valence-electron chi connectivity index (χ1n) is 6.28. The van der Waals surface area contributed by atoms with Crippen LogP contribution in [0, 0.1) is 18.6 Å². The van der Waals surface area contributed by atoms with Crippen molar-refractivity contribution in [3.05, 3.63) is 53.6 Å². The van der Waals surface area contributed by atoms with Crippen LogP contribution < -0.4 is 4.74 Å². The van der Waals surface area contributed by atoms with Gasteiger partial charge in [0.15, 0.2) is 11.6 Å². The summed E-state index contributed by atoms with van der Waals surface area (Å²) in [5, 5.41) is 1.29. The maximum absolute atomic E-state index is 14.4. The Morgan fingerprint density at radius 2 is 1.67 bits per heavy atom. The lowest BCUT2D eigenvalue weighted by molar-refractivity contribution is 0.424. The van der Waals surface area contributed by atoms with Crippen LogP contribution in [0.5, 0.6) is 5.75 Å². The molecule has 0 unspecified atom stereocenters. The second kappa shape index (κ2) is 5.07. The van der Waals surface area contributed by atoms with E-state index in [1.54, 1.807) is 25.1 Å². The molecule has 3 rings (SSSR count). The van der Waals surface area contributed by atoms with Gasteiger partial charge in [-0.3, -0.25) is 0 Å². The summed E-state index contributed by atoms with van der Waals surface area (Å²) in [5.41, 5.74) is 0.516. The Balaban J connectivity index is 2.27. The molecule has 1 heterocycles. The number of benzene rings is 2. The fraction of sp³-hybridized carbons (Fsp3) is 0.125. The van der Waals surface area contributed by atoms with Gasteiger partial charge in [0.1, 0.15) is 17.9 Å². The summed E-state index contributed by atoms with van der Waals surface area (Å²) >= 11 is 1.03. The van der Waals surface area contributed by atoms with Gasteiger partial charge in [0.25, 0.3) is 0 Å². The van der Waals surface area contributed by atoms with Crippen molar-refractivity contribution in [1.82, 2.24) is 0 Å². The van der Waals surface area contributed by atoms with Crippen molar-refractivity contribution >= 4 is 31.5 Å². The minimum Gasteiger partial charge on any atom is -0.459 e.